The summed E-state index contributed by atoms with van der Waals surface area (Å²) in [6.07, 6.45) is -12.9. The molecule has 2 aliphatic carbocycles. The number of aromatic nitrogens is 5. The number of carbonyl (C=O) groups is 4. The monoisotopic (exact) mass is 1280 g/mol. The Labute approximate surface area is 473 Å². The third kappa shape index (κ3) is 14.7. The molecule has 23 nitrogen and oxygen atoms in total. The minimum atomic E-state index is -5.29. The first-order valence-corrected chi connectivity index (χ1v) is 29.6. The molecule has 2 aromatic carbocycles. The van der Waals surface area contributed by atoms with E-state index in [2.05, 4.69) is 41.6 Å². The Morgan fingerprint density at radius 2 is 1.60 bits per heavy atom. The van der Waals surface area contributed by atoms with Gasteiger partial charge in [0.1, 0.15) is 40.9 Å². The number of nitrogens with zero attached hydrogens (tertiary/aromatic N) is 7. The van der Waals surface area contributed by atoms with Crippen LogP contribution in [0.3, 0.4) is 0 Å². The number of benzene rings is 2. The van der Waals surface area contributed by atoms with Crippen molar-refractivity contribution in [3.63, 3.8) is 0 Å². The predicted octanol–water partition coefficient (Wildman–Crippen LogP) is 6.75. The lowest BCUT2D eigenvalue weighted by molar-refractivity contribution is -0.143. The first kappa shape index (κ1) is 64.5. The molecule has 5 aromatic rings. The van der Waals surface area contributed by atoms with Crippen molar-refractivity contribution in [3.8, 4) is 23.0 Å². The molecule has 2 aliphatic rings. The molecule has 1 fully saturated rings. The van der Waals surface area contributed by atoms with Crippen LogP contribution < -0.4 is 14.9 Å². The number of halogens is 11. The standard InChI is InChI=1S/C47H45ClF10N9O14PS2/c1-44(2,83(3,76)77)11-9-26-5-6-27(37(60-26)32(17-23-15-24(49)18-25(50)16-23)61-33(68)20-65-40-35(39(62-65)47(56,57)58)29-19-30(29)46(40,54)55)28-7-8-31(48)36-38(28)66(21-45(51,52)53)63-41(36)67(84(4,78)79)43(72)64(13-10-34(69)70)14-12-59-42(71)80-22-81-82(73,74)75/h5-8,15-16,18,29-30,32H,10,12-14,17,19-22H2,1-4H3,(H,59,71)(H,61,68)(H,69,70)(H2,73,74,75)/t29?,30-,32+/m1/s1. The zero-order valence-electron chi connectivity index (χ0n) is 43.5. The molecule has 4 amide bonds. The Morgan fingerprint density at radius 1 is 0.952 bits per heavy atom. The predicted molar refractivity (Wildman–Crippen MR) is 272 cm³/mol. The number of anilines is 1. The van der Waals surface area contributed by atoms with Gasteiger partial charge in [0.15, 0.2) is 21.3 Å². The summed E-state index contributed by atoms with van der Waals surface area (Å²) in [5, 5.41) is 19.7. The van der Waals surface area contributed by atoms with Gasteiger partial charge in [0.2, 0.25) is 22.7 Å². The van der Waals surface area contributed by atoms with Gasteiger partial charge in [0.25, 0.3) is 5.92 Å². The Kier molecular flexibility index (Phi) is 18.0. The van der Waals surface area contributed by atoms with Crippen LogP contribution in [0, 0.1) is 29.4 Å². The minimum absolute atomic E-state index is 0.124. The molecule has 3 atom stereocenters. The van der Waals surface area contributed by atoms with E-state index in [4.69, 9.17) is 21.4 Å². The molecule has 0 spiro atoms. The maximum atomic E-state index is 15.7. The van der Waals surface area contributed by atoms with E-state index >= 15 is 8.78 Å². The second kappa shape index (κ2) is 23.4. The molecule has 7 rings (SSSR count). The van der Waals surface area contributed by atoms with Crippen LogP contribution in [0.1, 0.15) is 72.6 Å². The largest absolute Gasteiger partial charge is 0.481 e. The van der Waals surface area contributed by atoms with Gasteiger partial charge in [-0.25, -0.2) is 49.3 Å². The highest BCUT2D eigenvalue weighted by Crippen LogP contribution is 2.68. The first-order valence-electron chi connectivity index (χ1n) is 24.0. The number of alkyl carbamates (subject to hydrolysis) is 1. The molecule has 3 heterocycles. The van der Waals surface area contributed by atoms with Crippen LogP contribution in [0.4, 0.5) is 59.3 Å². The molecule has 5 N–H and O–H groups in total. The number of phosphoric ester groups is 1. The Hall–Kier alpha value is -7.09. The maximum absolute atomic E-state index is 15.7. The number of pyridine rings is 1. The molecular formula is C47H45ClF10N9O14PS2. The van der Waals surface area contributed by atoms with E-state index in [0.29, 0.717) is 17.2 Å². The topological polar surface area (TPSA) is 312 Å². The molecule has 456 valence electrons. The van der Waals surface area contributed by atoms with Crippen LogP contribution in [0.15, 0.2) is 42.5 Å². The lowest BCUT2D eigenvalue weighted by Gasteiger charge is -2.28. The third-order valence-electron chi connectivity index (χ3n) is 12.9. The van der Waals surface area contributed by atoms with Gasteiger partial charge in [-0.1, -0.05) is 23.6 Å². The average Bonchev–Trinajstić information content (AvgIpc) is 1.53. The Morgan fingerprint density at radius 3 is 2.18 bits per heavy atom. The minimum Gasteiger partial charge on any atom is -0.481 e. The molecule has 3 aromatic heterocycles. The van der Waals surface area contributed by atoms with Crippen LogP contribution in [-0.2, 0) is 74.9 Å². The number of rotatable bonds is 20. The fourth-order valence-corrected chi connectivity index (χ4v) is 10.4. The van der Waals surface area contributed by atoms with Gasteiger partial charge in [0.05, 0.1) is 40.3 Å². The second-order valence-corrected chi connectivity index (χ2v) is 25.6. The highest BCUT2D eigenvalue weighted by molar-refractivity contribution is 7.93. The number of alkyl halides is 8. The highest BCUT2D eigenvalue weighted by atomic mass is 35.5. The summed E-state index contributed by atoms with van der Waals surface area (Å²) in [5.74, 6) is -8.30. The number of sulfonamides is 1. The number of urea groups is 1. The quantitative estimate of drug-likeness (QED) is 0.0233. The van der Waals surface area contributed by atoms with Crippen molar-refractivity contribution >= 4 is 80.0 Å². The molecule has 0 aliphatic heterocycles. The Bertz CT molecular complexity index is 3810. The van der Waals surface area contributed by atoms with Crippen molar-refractivity contribution in [1.29, 1.82) is 0 Å². The molecule has 1 saturated carbocycles. The Balaban J connectivity index is 1.44. The van der Waals surface area contributed by atoms with Gasteiger partial charge in [0, 0.05) is 54.6 Å². The number of fused-ring (bicyclic) bond motifs is 4. The number of aliphatic carboxylic acids is 1. The summed E-state index contributed by atoms with van der Waals surface area (Å²) >= 11 is 6.69. The van der Waals surface area contributed by atoms with Crippen molar-refractivity contribution in [2.24, 2.45) is 5.92 Å². The number of sulfone groups is 1. The van der Waals surface area contributed by atoms with E-state index in [0.717, 1.165) is 42.7 Å². The number of ether oxygens (including phenoxy) is 1. The molecule has 37 heteroatoms. The van der Waals surface area contributed by atoms with Gasteiger partial charge in [-0.3, -0.25) is 19.0 Å². The molecular weight excluding hydrogens is 1240 g/mol. The van der Waals surface area contributed by atoms with Crippen LogP contribution >= 0.6 is 19.4 Å². The fraction of sp³-hybridized carbons (Fsp3) is 0.426. The number of nitrogens with one attached hydrogen (secondary N) is 2. The summed E-state index contributed by atoms with van der Waals surface area (Å²) in [5.41, 5.74) is -6.77. The van der Waals surface area contributed by atoms with Gasteiger partial charge in [-0.15, -0.1) is 0 Å². The van der Waals surface area contributed by atoms with Crippen LogP contribution in [0.25, 0.3) is 22.0 Å². The SMILES string of the molecule is CC(C)(C#Cc1ccc(-c2ccc(Cl)c3c(N(C(=O)N(CCNC(=O)OCOP(=O)(O)O)CCC(=O)O)S(C)(=O)=O)nn(CC(F)(F)F)c23)c([C@H](Cc2cc(F)cc(F)c2)NC(=O)Cn2nc(C(F)(F)F)c3c2C(F)(F)[C@@H]2CC32)n1)S(C)(=O)=O. The number of phosphoric acid groups is 1. The molecule has 0 saturated heterocycles. The number of hydrogen-bond acceptors (Lipinski definition) is 14. The van der Waals surface area contributed by atoms with Gasteiger partial charge in [-0.05, 0) is 74.4 Å². The van der Waals surface area contributed by atoms with Crippen molar-refractivity contribution < 1.29 is 109 Å². The molecule has 0 radical (unpaired) electrons. The smallest absolute Gasteiger partial charge is 0.472 e. The highest BCUT2D eigenvalue weighted by Gasteiger charge is 2.68. The lowest BCUT2D eigenvalue weighted by Crippen LogP contribution is -2.49. The average molecular weight is 1280 g/mol. The molecule has 1 unspecified atom stereocenters. The van der Waals surface area contributed by atoms with Gasteiger partial charge < -0.3 is 35.2 Å². The van der Waals surface area contributed by atoms with Crippen LogP contribution in [0.5, 0.6) is 0 Å². The lowest BCUT2D eigenvalue weighted by atomic mass is 9.93. The first-order chi connectivity index (χ1) is 38.6. The third-order valence-corrected chi connectivity index (χ3v) is 16.6. The fourth-order valence-electron chi connectivity index (χ4n) is 8.94. The number of amides is 4. The maximum Gasteiger partial charge on any atom is 0.472 e. The van der Waals surface area contributed by atoms with Gasteiger partial charge in [-0.2, -0.15) is 49.6 Å². The molecule has 84 heavy (non-hydrogen) atoms. The van der Waals surface area contributed by atoms with Crippen molar-refractivity contribution in [3.05, 3.63) is 93.0 Å². The zero-order valence-corrected chi connectivity index (χ0v) is 46.8. The summed E-state index contributed by atoms with van der Waals surface area (Å²) < 4.78 is 219. The van der Waals surface area contributed by atoms with Gasteiger partial charge >= 0.3 is 38.3 Å². The number of hydrogen-bond donors (Lipinski definition) is 5. The summed E-state index contributed by atoms with van der Waals surface area (Å²) in [6, 6.07) is 2.37. The van der Waals surface area contributed by atoms with Crippen molar-refractivity contribution in [1.82, 2.24) is 40.1 Å². The zero-order chi connectivity index (χ0) is 62.6. The van der Waals surface area contributed by atoms with E-state index in [1.807, 2.05) is 5.32 Å². The van der Waals surface area contributed by atoms with Crippen LogP contribution in [0.2, 0.25) is 5.02 Å². The normalized spacial score (nSPS) is 16.2. The summed E-state index contributed by atoms with van der Waals surface area (Å²) in [7, 11) is -14.3. The number of carboxylic acid groups (broad SMARTS) is 1. The summed E-state index contributed by atoms with van der Waals surface area (Å²) in [6.45, 7) is -4.89. The number of carboxylic acids is 1. The van der Waals surface area contributed by atoms with Crippen molar-refractivity contribution in [2.75, 3.05) is 43.2 Å². The summed E-state index contributed by atoms with van der Waals surface area (Å²) in [4.78, 5) is 75.4. The van der Waals surface area contributed by atoms with E-state index in [9.17, 15) is 80.8 Å². The second-order valence-electron chi connectivity index (χ2n) is 19.6. The van der Waals surface area contributed by atoms with E-state index in [1.54, 1.807) is 0 Å². The van der Waals surface area contributed by atoms with E-state index in [1.165, 1.54) is 13.8 Å². The van der Waals surface area contributed by atoms with Crippen LogP contribution in [-0.4, -0.2) is 135 Å². The van der Waals surface area contributed by atoms with E-state index < -0.39 is 218 Å². The van der Waals surface area contributed by atoms with Crippen molar-refractivity contribution in [2.45, 2.75) is 81.2 Å². The van der Waals surface area contributed by atoms with E-state index in [-0.39, 0.29) is 25.7 Å². The number of carbonyl (C=O) groups excluding carboxylic acids is 3. The molecule has 0 bridgehead atoms.